The molecule has 0 spiro atoms. The molecular weight excluding hydrogens is 376 g/mol. The summed E-state index contributed by atoms with van der Waals surface area (Å²) >= 11 is 1.55. The summed E-state index contributed by atoms with van der Waals surface area (Å²) in [5.41, 5.74) is 8.90. The number of aromatic nitrogens is 3. The Morgan fingerprint density at radius 2 is 2.18 bits per heavy atom. The molecule has 0 fully saturated rings. The number of carbonyl (C=O) groups is 1. The van der Waals surface area contributed by atoms with Gasteiger partial charge in [-0.3, -0.25) is 0 Å². The Labute approximate surface area is 165 Å². The van der Waals surface area contributed by atoms with Crippen LogP contribution in [-0.4, -0.2) is 25.3 Å². The standard InChI is InChI=1S/C20H20N4O3S/c1-2-23-10-18(27-20(21)26)16-8-13(5-6-17(16)23)19-22-14(12-28-19)9-24-7-3-4-15(24)11-25/h3-8,10,12,25H,2,9,11H2,1H3,(H2,21,26). The van der Waals surface area contributed by atoms with Gasteiger partial charge >= 0.3 is 6.09 Å². The number of thiazole rings is 1. The summed E-state index contributed by atoms with van der Waals surface area (Å²) in [4.78, 5) is 16.0. The first-order valence-electron chi connectivity index (χ1n) is 8.89. The van der Waals surface area contributed by atoms with E-state index in [1.807, 2.05) is 58.0 Å². The minimum Gasteiger partial charge on any atom is -0.408 e. The number of carbonyl (C=O) groups excluding carboxylic acids is 1. The van der Waals surface area contributed by atoms with Crippen molar-refractivity contribution in [1.29, 1.82) is 0 Å². The van der Waals surface area contributed by atoms with Crippen molar-refractivity contribution in [1.82, 2.24) is 14.1 Å². The first kappa shape index (κ1) is 18.3. The summed E-state index contributed by atoms with van der Waals surface area (Å²) in [6.07, 6.45) is 2.88. The summed E-state index contributed by atoms with van der Waals surface area (Å²) < 4.78 is 9.16. The van der Waals surface area contributed by atoms with Crippen LogP contribution in [0.5, 0.6) is 5.75 Å². The van der Waals surface area contributed by atoms with E-state index in [4.69, 9.17) is 15.5 Å². The van der Waals surface area contributed by atoms with Gasteiger partial charge in [-0.2, -0.15) is 0 Å². The van der Waals surface area contributed by atoms with Gasteiger partial charge in [-0.1, -0.05) is 0 Å². The third kappa shape index (κ3) is 3.39. The zero-order chi connectivity index (χ0) is 19.7. The Morgan fingerprint density at radius 3 is 2.93 bits per heavy atom. The predicted octanol–water partition coefficient (Wildman–Crippen LogP) is 3.58. The number of amides is 1. The van der Waals surface area contributed by atoms with Crippen LogP contribution in [0.1, 0.15) is 18.3 Å². The number of aliphatic hydroxyl groups is 1. The molecule has 0 radical (unpaired) electrons. The summed E-state index contributed by atoms with van der Waals surface area (Å²) in [5, 5.41) is 13.1. The number of rotatable bonds is 6. The van der Waals surface area contributed by atoms with E-state index in [2.05, 4.69) is 0 Å². The van der Waals surface area contributed by atoms with Gasteiger partial charge < -0.3 is 24.7 Å². The molecule has 144 valence electrons. The van der Waals surface area contributed by atoms with Crippen molar-refractivity contribution >= 4 is 28.3 Å². The molecule has 0 aliphatic heterocycles. The van der Waals surface area contributed by atoms with Gasteiger partial charge in [0.25, 0.3) is 0 Å². The Hall–Kier alpha value is -3.10. The van der Waals surface area contributed by atoms with Gasteiger partial charge in [-0.15, -0.1) is 11.3 Å². The lowest BCUT2D eigenvalue weighted by molar-refractivity contribution is 0.211. The maximum atomic E-state index is 11.2. The first-order valence-corrected chi connectivity index (χ1v) is 9.76. The molecule has 4 aromatic rings. The van der Waals surface area contributed by atoms with Crippen molar-refractivity contribution in [2.75, 3.05) is 0 Å². The SMILES string of the molecule is CCn1cc(OC(N)=O)c2cc(-c3nc(Cn4cccc4CO)cs3)ccc21. The van der Waals surface area contributed by atoms with Crippen molar-refractivity contribution < 1.29 is 14.6 Å². The van der Waals surface area contributed by atoms with Crippen LogP contribution >= 0.6 is 11.3 Å². The fraction of sp³-hybridized carbons (Fsp3) is 0.200. The van der Waals surface area contributed by atoms with E-state index in [0.717, 1.165) is 39.4 Å². The number of primary amides is 1. The maximum absolute atomic E-state index is 11.2. The Kier molecular flexibility index (Phi) is 4.89. The number of nitrogens with two attached hydrogens (primary N) is 1. The van der Waals surface area contributed by atoms with Crippen molar-refractivity contribution in [3.63, 3.8) is 0 Å². The summed E-state index contributed by atoms with van der Waals surface area (Å²) in [7, 11) is 0. The Morgan fingerprint density at radius 1 is 1.32 bits per heavy atom. The number of aliphatic hydroxyl groups excluding tert-OH is 1. The van der Waals surface area contributed by atoms with Crippen LogP contribution in [0.15, 0.2) is 48.1 Å². The zero-order valence-electron chi connectivity index (χ0n) is 15.3. The number of ether oxygens (including phenoxy) is 1. The van der Waals surface area contributed by atoms with E-state index >= 15 is 0 Å². The lowest BCUT2D eigenvalue weighted by Gasteiger charge is -2.05. The highest BCUT2D eigenvalue weighted by molar-refractivity contribution is 7.13. The van der Waals surface area contributed by atoms with Crippen LogP contribution in [0.2, 0.25) is 0 Å². The smallest absolute Gasteiger partial charge is 0.408 e. The number of benzene rings is 1. The maximum Gasteiger partial charge on any atom is 0.410 e. The average molecular weight is 396 g/mol. The van der Waals surface area contributed by atoms with Crippen molar-refractivity contribution in [3.8, 4) is 16.3 Å². The van der Waals surface area contributed by atoms with Crippen LogP contribution in [0, 0.1) is 0 Å². The molecule has 1 amide bonds. The number of fused-ring (bicyclic) bond motifs is 1. The van der Waals surface area contributed by atoms with Gasteiger partial charge in [0.15, 0.2) is 5.75 Å². The largest absolute Gasteiger partial charge is 0.410 e. The van der Waals surface area contributed by atoms with Gasteiger partial charge in [0.1, 0.15) is 5.01 Å². The van der Waals surface area contributed by atoms with E-state index < -0.39 is 6.09 Å². The van der Waals surface area contributed by atoms with E-state index in [9.17, 15) is 9.90 Å². The molecule has 0 unspecified atom stereocenters. The third-order valence-corrected chi connectivity index (χ3v) is 5.55. The van der Waals surface area contributed by atoms with Crippen molar-refractivity contribution in [2.24, 2.45) is 5.73 Å². The van der Waals surface area contributed by atoms with Crippen molar-refractivity contribution in [2.45, 2.75) is 26.6 Å². The molecule has 1 aromatic carbocycles. The van der Waals surface area contributed by atoms with Gasteiger partial charge in [-0.05, 0) is 37.3 Å². The molecular formula is C20H20N4O3S. The molecule has 0 aliphatic rings. The van der Waals surface area contributed by atoms with Crippen LogP contribution in [0.4, 0.5) is 4.79 Å². The second kappa shape index (κ2) is 7.49. The fourth-order valence-electron chi connectivity index (χ4n) is 3.28. The predicted molar refractivity (Wildman–Crippen MR) is 108 cm³/mol. The van der Waals surface area contributed by atoms with E-state index in [1.165, 1.54) is 0 Å². The second-order valence-electron chi connectivity index (χ2n) is 6.36. The number of aryl methyl sites for hydroxylation is 1. The summed E-state index contributed by atoms with van der Waals surface area (Å²) in [5.74, 6) is 0.447. The quantitative estimate of drug-likeness (QED) is 0.521. The van der Waals surface area contributed by atoms with Gasteiger partial charge in [0, 0.05) is 41.0 Å². The lowest BCUT2D eigenvalue weighted by atomic mass is 10.1. The van der Waals surface area contributed by atoms with Crippen LogP contribution in [0.25, 0.3) is 21.5 Å². The molecule has 8 heteroatoms. The molecule has 0 bridgehead atoms. The normalized spacial score (nSPS) is 11.2. The Balaban J connectivity index is 1.67. The molecule has 3 aromatic heterocycles. The molecule has 0 atom stereocenters. The van der Waals surface area contributed by atoms with Crippen LogP contribution in [0.3, 0.4) is 0 Å². The first-order chi connectivity index (χ1) is 13.6. The highest BCUT2D eigenvalue weighted by Gasteiger charge is 2.14. The number of hydrogen-bond acceptors (Lipinski definition) is 5. The molecule has 4 rings (SSSR count). The number of nitrogens with zero attached hydrogens (tertiary/aromatic N) is 3. The molecule has 3 heterocycles. The topological polar surface area (TPSA) is 95.3 Å². The highest BCUT2D eigenvalue weighted by atomic mass is 32.1. The number of hydrogen-bond donors (Lipinski definition) is 2. The average Bonchev–Trinajstić information content (AvgIpc) is 3.40. The molecule has 3 N–H and O–H groups in total. The second-order valence-corrected chi connectivity index (χ2v) is 7.22. The van der Waals surface area contributed by atoms with E-state index in [1.54, 1.807) is 17.5 Å². The van der Waals surface area contributed by atoms with Crippen LogP contribution < -0.4 is 10.5 Å². The lowest BCUT2D eigenvalue weighted by Crippen LogP contribution is -2.16. The molecule has 0 saturated carbocycles. The van der Waals surface area contributed by atoms with E-state index in [0.29, 0.717) is 12.3 Å². The van der Waals surface area contributed by atoms with Gasteiger partial charge in [0.05, 0.1) is 24.4 Å². The van der Waals surface area contributed by atoms with Gasteiger partial charge in [-0.25, -0.2) is 9.78 Å². The monoisotopic (exact) mass is 396 g/mol. The highest BCUT2D eigenvalue weighted by Crippen LogP contribution is 2.33. The molecule has 0 saturated heterocycles. The van der Waals surface area contributed by atoms with E-state index in [-0.39, 0.29) is 6.61 Å². The third-order valence-electron chi connectivity index (χ3n) is 4.61. The summed E-state index contributed by atoms with van der Waals surface area (Å²) in [6, 6.07) is 9.78. The zero-order valence-corrected chi connectivity index (χ0v) is 16.1. The summed E-state index contributed by atoms with van der Waals surface area (Å²) in [6.45, 7) is 3.38. The van der Waals surface area contributed by atoms with Crippen molar-refractivity contribution in [3.05, 3.63) is 59.5 Å². The minimum absolute atomic E-state index is 0.00226. The fourth-order valence-corrected chi connectivity index (χ4v) is 4.09. The molecule has 0 aliphatic carbocycles. The minimum atomic E-state index is -0.830. The Bertz CT molecular complexity index is 1140. The van der Waals surface area contributed by atoms with Gasteiger partial charge in [0.2, 0.25) is 0 Å². The molecule has 28 heavy (non-hydrogen) atoms. The molecule has 7 nitrogen and oxygen atoms in total. The van der Waals surface area contributed by atoms with Crippen LogP contribution in [-0.2, 0) is 19.7 Å².